The van der Waals surface area contributed by atoms with Crippen LogP contribution in [0.25, 0.3) is 0 Å². The number of guanidine groups is 1. The average molecular weight is 508 g/mol. The quantitative estimate of drug-likeness (QED) is 0.314. The van der Waals surface area contributed by atoms with Crippen molar-refractivity contribution in [3.63, 3.8) is 0 Å². The highest BCUT2D eigenvalue weighted by molar-refractivity contribution is 14.0. The molecule has 0 saturated heterocycles. The van der Waals surface area contributed by atoms with Crippen molar-refractivity contribution in [2.45, 2.75) is 25.6 Å². The van der Waals surface area contributed by atoms with Crippen LogP contribution in [0.5, 0.6) is 5.75 Å². The summed E-state index contributed by atoms with van der Waals surface area (Å²) < 4.78 is 20.6. The van der Waals surface area contributed by atoms with Gasteiger partial charge in [-0.3, -0.25) is 0 Å². The van der Waals surface area contributed by atoms with Crippen molar-refractivity contribution >= 4 is 29.9 Å². The molecule has 3 N–H and O–H groups in total. The molecule has 0 bridgehead atoms. The van der Waals surface area contributed by atoms with Gasteiger partial charge in [0.25, 0.3) is 0 Å². The Hall–Kier alpha value is -2.69. The minimum absolute atomic E-state index is 0. The van der Waals surface area contributed by atoms with E-state index in [1.165, 1.54) is 12.1 Å². The summed E-state index contributed by atoms with van der Waals surface area (Å²) in [6.45, 7) is 1.34. The minimum Gasteiger partial charge on any atom is -0.493 e. The molecule has 7 nitrogen and oxygen atoms in total. The Kier molecular flexibility index (Phi) is 7.02. The second kappa shape index (κ2) is 9.68. The maximum absolute atomic E-state index is 13.3. The van der Waals surface area contributed by atoms with Gasteiger partial charge in [-0.1, -0.05) is 30.3 Å². The predicted molar refractivity (Wildman–Crippen MR) is 119 cm³/mol. The third-order valence-corrected chi connectivity index (χ3v) is 4.49. The fourth-order valence-corrected chi connectivity index (χ4v) is 3.18. The Bertz CT molecular complexity index is 992. The average Bonchev–Trinajstić information content (AvgIpc) is 3.14. The molecule has 1 unspecified atom stereocenters. The van der Waals surface area contributed by atoms with Crippen LogP contribution in [0.4, 0.5) is 4.39 Å². The summed E-state index contributed by atoms with van der Waals surface area (Å²) in [5, 5.41) is 7.60. The molecule has 0 fully saturated rings. The van der Waals surface area contributed by atoms with E-state index in [1.54, 1.807) is 17.1 Å². The van der Waals surface area contributed by atoms with Gasteiger partial charge in [-0.25, -0.2) is 19.0 Å². The smallest absolute Gasteiger partial charge is 0.189 e. The topological polar surface area (TPSA) is 90.4 Å². The van der Waals surface area contributed by atoms with E-state index in [0.717, 1.165) is 23.3 Å². The number of para-hydroxylation sites is 1. The van der Waals surface area contributed by atoms with Crippen molar-refractivity contribution in [2.75, 3.05) is 6.61 Å². The SMILES string of the molecule is I.NC(=NCc1ncn(Cc2cccc(F)c2)n1)NC1CCOc2ccccc21. The number of hydrogen-bond acceptors (Lipinski definition) is 4. The van der Waals surface area contributed by atoms with E-state index in [1.807, 2.05) is 30.3 Å². The molecule has 1 aromatic heterocycles. The zero-order chi connectivity index (χ0) is 19.3. The number of hydrogen-bond donors (Lipinski definition) is 2. The highest BCUT2D eigenvalue weighted by Crippen LogP contribution is 2.31. The van der Waals surface area contributed by atoms with Crippen LogP contribution >= 0.6 is 24.0 Å². The van der Waals surface area contributed by atoms with Gasteiger partial charge in [0, 0.05) is 12.0 Å². The number of nitrogens with two attached hydrogens (primary N) is 1. The van der Waals surface area contributed by atoms with Crippen LogP contribution < -0.4 is 15.8 Å². The van der Waals surface area contributed by atoms with Crippen LogP contribution in [0, 0.1) is 5.82 Å². The Morgan fingerprint density at radius 1 is 1.28 bits per heavy atom. The van der Waals surface area contributed by atoms with E-state index >= 15 is 0 Å². The maximum Gasteiger partial charge on any atom is 0.189 e. The lowest BCUT2D eigenvalue weighted by atomic mass is 10.0. The van der Waals surface area contributed by atoms with Gasteiger partial charge in [-0.2, -0.15) is 5.10 Å². The number of aromatic nitrogens is 3. The third kappa shape index (κ3) is 5.43. The molecule has 0 amide bonds. The van der Waals surface area contributed by atoms with Crippen LogP contribution in [0.2, 0.25) is 0 Å². The van der Waals surface area contributed by atoms with Crippen LogP contribution in [-0.2, 0) is 13.1 Å². The van der Waals surface area contributed by atoms with Crippen LogP contribution in [-0.4, -0.2) is 27.3 Å². The number of fused-ring (bicyclic) bond motifs is 1. The monoisotopic (exact) mass is 508 g/mol. The predicted octanol–water partition coefficient (Wildman–Crippen LogP) is 3.01. The number of rotatable bonds is 5. The van der Waals surface area contributed by atoms with Gasteiger partial charge in [-0.15, -0.1) is 24.0 Å². The summed E-state index contributed by atoms with van der Waals surface area (Å²) in [6, 6.07) is 14.4. The molecule has 29 heavy (non-hydrogen) atoms. The normalized spacial score (nSPS) is 15.8. The molecule has 3 aromatic rings. The molecule has 0 aliphatic carbocycles. The summed E-state index contributed by atoms with van der Waals surface area (Å²) >= 11 is 0. The zero-order valence-corrected chi connectivity index (χ0v) is 18.0. The molecule has 1 atom stereocenters. The number of aliphatic imine (C=N–C) groups is 1. The largest absolute Gasteiger partial charge is 0.493 e. The van der Waals surface area contributed by atoms with Gasteiger partial charge in [0.1, 0.15) is 24.4 Å². The first-order chi connectivity index (χ1) is 13.7. The Morgan fingerprint density at radius 3 is 3.00 bits per heavy atom. The number of nitrogens with one attached hydrogen (secondary N) is 1. The second-order valence-corrected chi connectivity index (χ2v) is 6.56. The first kappa shape index (κ1) is 21.0. The van der Waals surface area contributed by atoms with Crippen molar-refractivity contribution in [1.29, 1.82) is 0 Å². The molecule has 0 spiro atoms. The number of halogens is 2. The van der Waals surface area contributed by atoms with Crippen LogP contribution in [0.1, 0.15) is 29.4 Å². The molecular formula is C20H22FIN6O. The molecule has 0 radical (unpaired) electrons. The number of ether oxygens (including phenoxy) is 1. The second-order valence-electron chi connectivity index (χ2n) is 6.56. The summed E-state index contributed by atoms with van der Waals surface area (Å²) in [7, 11) is 0. The molecule has 152 valence electrons. The van der Waals surface area contributed by atoms with E-state index in [-0.39, 0.29) is 42.4 Å². The molecule has 2 heterocycles. The van der Waals surface area contributed by atoms with E-state index in [0.29, 0.717) is 24.9 Å². The van der Waals surface area contributed by atoms with Crippen molar-refractivity contribution in [2.24, 2.45) is 10.7 Å². The van der Waals surface area contributed by atoms with Gasteiger partial charge < -0.3 is 15.8 Å². The fourth-order valence-electron chi connectivity index (χ4n) is 3.18. The Labute approximate surface area is 185 Å². The Balaban J connectivity index is 0.00000240. The molecule has 4 rings (SSSR count). The van der Waals surface area contributed by atoms with Crippen molar-refractivity contribution in [1.82, 2.24) is 20.1 Å². The molecular weight excluding hydrogens is 486 g/mol. The van der Waals surface area contributed by atoms with Crippen molar-refractivity contribution < 1.29 is 9.13 Å². The summed E-state index contributed by atoms with van der Waals surface area (Å²) in [6.07, 6.45) is 2.42. The first-order valence-electron chi connectivity index (χ1n) is 9.08. The van der Waals surface area contributed by atoms with E-state index < -0.39 is 0 Å². The van der Waals surface area contributed by atoms with E-state index in [4.69, 9.17) is 10.5 Å². The van der Waals surface area contributed by atoms with Crippen molar-refractivity contribution in [3.05, 3.63) is 77.6 Å². The Morgan fingerprint density at radius 2 is 2.14 bits per heavy atom. The van der Waals surface area contributed by atoms with Crippen LogP contribution in [0.15, 0.2) is 59.9 Å². The third-order valence-electron chi connectivity index (χ3n) is 4.49. The molecule has 2 aromatic carbocycles. The standard InChI is InChI=1S/C20H21FN6O.HI/c21-15-5-3-4-14(10-15)12-27-13-24-19(26-27)11-23-20(22)25-17-8-9-28-18-7-2-1-6-16(17)18;/h1-7,10,13,17H,8-9,11-12H2,(H3,22,23,25);1H. The van der Waals surface area contributed by atoms with Gasteiger partial charge in [0.05, 0.1) is 19.2 Å². The minimum atomic E-state index is -0.268. The fraction of sp³-hybridized carbons (Fsp3) is 0.250. The van der Waals surface area contributed by atoms with Crippen molar-refractivity contribution in [3.8, 4) is 5.75 Å². The molecule has 1 aliphatic heterocycles. The van der Waals surface area contributed by atoms with Gasteiger partial charge >= 0.3 is 0 Å². The van der Waals surface area contributed by atoms with Crippen LogP contribution in [0.3, 0.4) is 0 Å². The number of nitrogens with zero attached hydrogens (tertiary/aromatic N) is 4. The summed E-state index contributed by atoms with van der Waals surface area (Å²) in [4.78, 5) is 8.58. The molecule has 0 saturated carbocycles. The van der Waals surface area contributed by atoms with E-state index in [9.17, 15) is 4.39 Å². The maximum atomic E-state index is 13.3. The first-order valence-corrected chi connectivity index (χ1v) is 9.08. The lowest BCUT2D eigenvalue weighted by molar-refractivity contribution is 0.262. The van der Waals surface area contributed by atoms with E-state index in [2.05, 4.69) is 20.4 Å². The highest BCUT2D eigenvalue weighted by atomic mass is 127. The summed E-state index contributed by atoms with van der Waals surface area (Å²) in [5.41, 5.74) is 7.94. The lowest BCUT2D eigenvalue weighted by Gasteiger charge is -2.26. The van der Waals surface area contributed by atoms with Gasteiger partial charge in [0.2, 0.25) is 0 Å². The summed E-state index contributed by atoms with van der Waals surface area (Å²) in [5.74, 6) is 1.49. The molecule has 1 aliphatic rings. The zero-order valence-electron chi connectivity index (χ0n) is 15.7. The van der Waals surface area contributed by atoms with Gasteiger partial charge in [-0.05, 0) is 23.8 Å². The lowest BCUT2D eigenvalue weighted by Crippen LogP contribution is -2.37. The molecule has 9 heteroatoms. The van der Waals surface area contributed by atoms with Gasteiger partial charge in [0.15, 0.2) is 11.8 Å². The number of benzene rings is 2. The highest BCUT2D eigenvalue weighted by Gasteiger charge is 2.21.